The molecule has 3 amide bonds. The first-order valence-electron chi connectivity index (χ1n) is 9.21. The van der Waals surface area contributed by atoms with Crippen molar-refractivity contribution >= 4 is 35.7 Å². The Hall–Kier alpha value is -1.79. The number of urea groups is 1. The van der Waals surface area contributed by atoms with Crippen molar-refractivity contribution in [3.8, 4) is 0 Å². The molecule has 1 aromatic rings. The summed E-state index contributed by atoms with van der Waals surface area (Å²) in [4.78, 5) is 24.0. The van der Waals surface area contributed by atoms with Crippen LogP contribution in [0.25, 0.3) is 0 Å². The molecule has 0 radical (unpaired) electrons. The highest BCUT2D eigenvalue weighted by Gasteiger charge is 2.34. The van der Waals surface area contributed by atoms with Crippen LogP contribution in [-0.2, 0) is 4.79 Å². The zero-order chi connectivity index (χ0) is 17.8. The van der Waals surface area contributed by atoms with Crippen LogP contribution in [0.15, 0.2) is 24.3 Å². The van der Waals surface area contributed by atoms with Gasteiger partial charge >= 0.3 is 6.03 Å². The number of carbonyl (C=O) groups excluding carboxylic acids is 2. The third-order valence-corrected chi connectivity index (χ3v) is 4.89. The Morgan fingerprint density at radius 2 is 1.58 bits per heavy atom. The maximum absolute atomic E-state index is 12.3. The molecule has 2 bridgehead atoms. The lowest BCUT2D eigenvalue weighted by molar-refractivity contribution is -0.117. The second-order valence-electron chi connectivity index (χ2n) is 7.56. The van der Waals surface area contributed by atoms with E-state index in [9.17, 15) is 9.59 Å². The maximum atomic E-state index is 12.3. The van der Waals surface area contributed by atoms with E-state index in [0.29, 0.717) is 30.1 Å². The van der Waals surface area contributed by atoms with Gasteiger partial charge in [-0.15, -0.1) is 12.4 Å². The molecule has 2 atom stereocenters. The number of nitrogens with one attached hydrogen (secondary N) is 4. The Balaban J connectivity index is 0.00000243. The minimum absolute atomic E-state index is 0. The van der Waals surface area contributed by atoms with Crippen molar-refractivity contribution in [3.63, 3.8) is 0 Å². The van der Waals surface area contributed by atoms with Gasteiger partial charge in [0.1, 0.15) is 0 Å². The molecule has 0 aliphatic carbocycles. The minimum atomic E-state index is -0.229. The van der Waals surface area contributed by atoms with Crippen LogP contribution >= 0.6 is 12.4 Å². The fourth-order valence-electron chi connectivity index (χ4n) is 3.88. The summed E-state index contributed by atoms with van der Waals surface area (Å²) in [5.41, 5.74) is 1.46. The number of halogens is 1. The van der Waals surface area contributed by atoms with Gasteiger partial charge in [0.15, 0.2) is 0 Å². The second-order valence-corrected chi connectivity index (χ2v) is 7.56. The minimum Gasteiger partial charge on any atom is -0.336 e. The molecule has 2 saturated heterocycles. The van der Waals surface area contributed by atoms with Crippen molar-refractivity contribution in [1.29, 1.82) is 0 Å². The Morgan fingerprint density at radius 3 is 2.12 bits per heavy atom. The molecule has 3 rings (SSSR count). The normalized spacial score (nSPS) is 23.9. The lowest BCUT2D eigenvalue weighted by atomic mass is 9.89. The summed E-state index contributed by atoms with van der Waals surface area (Å²) in [6, 6.07) is 8.29. The van der Waals surface area contributed by atoms with Crippen molar-refractivity contribution in [3.05, 3.63) is 24.3 Å². The Kier molecular flexibility index (Phi) is 7.29. The van der Waals surface area contributed by atoms with E-state index in [-0.39, 0.29) is 30.4 Å². The van der Waals surface area contributed by atoms with Crippen molar-refractivity contribution < 1.29 is 9.59 Å². The van der Waals surface area contributed by atoms with Crippen LogP contribution in [-0.4, -0.2) is 30.1 Å². The maximum Gasteiger partial charge on any atom is 0.319 e. The predicted octanol–water partition coefficient (Wildman–Crippen LogP) is 3.50. The van der Waals surface area contributed by atoms with E-state index >= 15 is 0 Å². The third-order valence-electron chi connectivity index (χ3n) is 4.89. The van der Waals surface area contributed by atoms with Crippen LogP contribution in [0.5, 0.6) is 0 Å². The molecule has 2 unspecified atom stereocenters. The predicted molar refractivity (Wildman–Crippen MR) is 107 cm³/mol. The van der Waals surface area contributed by atoms with Crippen molar-refractivity contribution in [2.75, 3.05) is 10.6 Å². The lowest BCUT2D eigenvalue weighted by Gasteiger charge is -2.28. The summed E-state index contributed by atoms with van der Waals surface area (Å²) in [6.07, 6.45) is 5.31. The molecule has 6 nitrogen and oxygen atoms in total. The van der Waals surface area contributed by atoms with Gasteiger partial charge in [-0.05, 0) is 69.7 Å². The summed E-state index contributed by atoms with van der Waals surface area (Å²) in [6.45, 7) is 3.82. The van der Waals surface area contributed by atoms with Crippen molar-refractivity contribution in [1.82, 2.24) is 10.6 Å². The number of rotatable bonds is 5. The molecular formula is C19H29ClN4O2. The molecule has 0 saturated carbocycles. The molecule has 7 heteroatoms. The molecule has 26 heavy (non-hydrogen) atoms. The zero-order valence-electron chi connectivity index (χ0n) is 15.4. The molecular weight excluding hydrogens is 352 g/mol. The Bertz CT molecular complexity index is 608. The summed E-state index contributed by atoms with van der Waals surface area (Å²) >= 11 is 0. The first-order valence-corrected chi connectivity index (χ1v) is 9.21. The van der Waals surface area contributed by atoms with E-state index in [4.69, 9.17) is 0 Å². The van der Waals surface area contributed by atoms with E-state index in [1.165, 1.54) is 12.8 Å². The first kappa shape index (κ1) is 20.5. The average molecular weight is 381 g/mol. The molecule has 2 heterocycles. The number of fused-ring (bicyclic) bond motifs is 2. The third kappa shape index (κ3) is 5.88. The largest absolute Gasteiger partial charge is 0.336 e. The van der Waals surface area contributed by atoms with Gasteiger partial charge in [-0.25, -0.2) is 4.79 Å². The molecule has 144 valence electrons. The Labute approximate surface area is 161 Å². The molecule has 0 aromatic heterocycles. The molecule has 1 aromatic carbocycles. The fourth-order valence-corrected chi connectivity index (χ4v) is 3.88. The van der Waals surface area contributed by atoms with Crippen LogP contribution in [0.1, 0.15) is 46.0 Å². The second kappa shape index (κ2) is 9.24. The molecule has 0 spiro atoms. The summed E-state index contributed by atoms with van der Waals surface area (Å²) in [7, 11) is 0. The first-order chi connectivity index (χ1) is 12.0. The van der Waals surface area contributed by atoms with Gasteiger partial charge in [0, 0.05) is 35.9 Å². The fraction of sp³-hybridized carbons (Fsp3) is 0.579. The van der Waals surface area contributed by atoms with Gasteiger partial charge in [-0.1, -0.05) is 0 Å². The highest BCUT2D eigenvalue weighted by molar-refractivity contribution is 5.92. The van der Waals surface area contributed by atoms with Crippen molar-refractivity contribution in [2.45, 2.75) is 64.1 Å². The number of piperidine rings is 1. The lowest BCUT2D eigenvalue weighted by Crippen LogP contribution is -2.39. The number of hydrogen-bond donors (Lipinski definition) is 4. The van der Waals surface area contributed by atoms with Gasteiger partial charge in [-0.3, -0.25) is 4.79 Å². The van der Waals surface area contributed by atoms with Gasteiger partial charge in [0.2, 0.25) is 5.91 Å². The van der Waals surface area contributed by atoms with Gasteiger partial charge < -0.3 is 21.3 Å². The van der Waals surface area contributed by atoms with E-state index in [2.05, 4.69) is 21.3 Å². The van der Waals surface area contributed by atoms with Crippen LogP contribution in [0.4, 0.5) is 16.2 Å². The molecule has 2 aliphatic rings. The van der Waals surface area contributed by atoms with E-state index in [0.717, 1.165) is 18.5 Å². The van der Waals surface area contributed by atoms with Crippen molar-refractivity contribution in [2.24, 2.45) is 5.92 Å². The van der Waals surface area contributed by atoms with Crippen LogP contribution in [0, 0.1) is 5.92 Å². The van der Waals surface area contributed by atoms with Crippen LogP contribution in [0.3, 0.4) is 0 Å². The number of hydrogen-bond acceptors (Lipinski definition) is 3. The number of anilines is 2. The van der Waals surface area contributed by atoms with Crippen LogP contribution in [0.2, 0.25) is 0 Å². The van der Waals surface area contributed by atoms with E-state index in [1.807, 2.05) is 26.0 Å². The quantitative estimate of drug-likeness (QED) is 0.631. The summed E-state index contributed by atoms with van der Waals surface area (Å²) in [5, 5.41) is 12.1. The van der Waals surface area contributed by atoms with Gasteiger partial charge in [0.05, 0.1) is 0 Å². The van der Waals surface area contributed by atoms with E-state index in [1.54, 1.807) is 12.1 Å². The number of carbonyl (C=O) groups is 2. The highest BCUT2D eigenvalue weighted by Crippen LogP contribution is 2.32. The zero-order valence-corrected chi connectivity index (χ0v) is 16.2. The topological polar surface area (TPSA) is 82.3 Å². The van der Waals surface area contributed by atoms with Gasteiger partial charge in [0.25, 0.3) is 0 Å². The monoisotopic (exact) mass is 380 g/mol. The van der Waals surface area contributed by atoms with Crippen LogP contribution < -0.4 is 21.3 Å². The Morgan fingerprint density at radius 1 is 1.04 bits per heavy atom. The number of benzene rings is 1. The smallest absolute Gasteiger partial charge is 0.319 e. The van der Waals surface area contributed by atoms with Gasteiger partial charge in [-0.2, -0.15) is 0 Å². The SMILES string of the molecule is CC(C)NC(=O)Nc1ccc(NC(=O)CC2CC3CCC(C2)N3)cc1.Cl. The highest BCUT2D eigenvalue weighted by atomic mass is 35.5. The van der Waals surface area contributed by atoms with E-state index < -0.39 is 0 Å². The summed E-state index contributed by atoms with van der Waals surface area (Å²) in [5.74, 6) is 0.559. The molecule has 4 N–H and O–H groups in total. The summed E-state index contributed by atoms with van der Waals surface area (Å²) < 4.78 is 0. The average Bonchev–Trinajstić information content (AvgIpc) is 2.87. The standard InChI is InChI=1S/C19H28N4O2.ClH/c1-12(2)20-19(25)23-15-5-3-14(4-6-15)22-18(24)11-13-9-16-7-8-17(10-13)21-16;/h3-6,12-13,16-17,21H,7-11H2,1-2H3,(H,22,24)(H2,20,23,25);1H. The molecule has 2 aliphatic heterocycles. The molecule has 2 fully saturated rings. The number of amides is 3.